The normalized spacial score (nSPS) is 15.5. The van der Waals surface area contributed by atoms with Crippen molar-refractivity contribution in [3.63, 3.8) is 0 Å². The molecule has 2 aromatic rings. The van der Waals surface area contributed by atoms with E-state index in [2.05, 4.69) is 15.6 Å². The molecule has 8 heteroatoms. The van der Waals surface area contributed by atoms with Crippen LogP contribution in [-0.2, 0) is 28.9 Å². The molecule has 4 rings (SSSR count). The minimum Gasteiger partial charge on any atom is -0.508 e. The zero-order valence-corrected chi connectivity index (χ0v) is 17.0. The first-order chi connectivity index (χ1) is 13.9. The molecule has 0 unspecified atom stereocenters. The van der Waals surface area contributed by atoms with Gasteiger partial charge in [-0.3, -0.25) is 14.6 Å². The van der Waals surface area contributed by atoms with Gasteiger partial charge in [-0.2, -0.15) is 0 Å². The second kappa shape index (κ2) is 8.05. The average Bonchev–Trinajstić information content (AvgIpc) is 3.13. The standard InChI is InChI=1S/C21H19Cl2N3O3/c22-16-8-12(25-21(29)20-24-10-19(28)26-20)9-17(23)15(16)7-11-5-6-18(27)14-4-2-1-3-13(11)14/h5-6,8-9,27H,1-4,7,10H2,(H,25,29)(H,24,26,28). The fourth-order valence-corrected chi connectivity index (χ4v) is 4.42. The van der Waals surface area contributed by atoms with Crippen LogP contribution in [0, 0.1) is 0 Å². The number of hydrogen-bond donors (Lipinski definition) is 3. The highest BCUT2D eigenvalue weighted by Crippen LogP contribution is 2.36. The molecule has 0 radical (unpaired) electrons. The monoisotopic (exact) mass is 431 g/mol. The minimum atomic E-state index is -0.525. The van der Waals surface area contributed by atoms with E-state index in [0.29, 0.717) is 27.9 Å². The van der Waals surface area contributed by atoms with E-state index in [4.69, 9.17) is 23.2 Å². The van der Waals surface area contributed by atoms with Crippen LogP contribution in [0.1, 0.15) is 35.1 Å². The lowest BCUT2D eigenvalue weighted by atomic mass is 9.85. The molecule has 0 spiro atoms. The summed E-state index contributed by atoms with van der Waals surface area (Å²) in [5.74, 6) is -0.523. The van der Waals surface area contributed by atoms with Crippen molar-refractivity contribution >= 4 is 46.5 Å². The summed E-state index contributed by atoms with van der Waals surface area (Å²) in [4.78, 5) is 27.2. The van der Waals surface area contributed by atoms with Gasteiger partial charge in [0.1, 0.15) is 12.3 Å². The quantitative estimate of drug-likeness (QED) is 0.689. The summed E-state index contributed by atoms with van der Waals surface area (Å²) in [5, 5.41) is 16.1. The Morgan fingerprint density at radius 2 is 1.83 bits per heavy atom. The summed E-state index contributed by atoms with van der Waals surface area (Å²) in [6.07, 6.45) is 4.51. The minimum absolute atomic E-state index is 0.0259. The maximum Gasteiger partial charge on any atom is 0.291 e. The largest absolute Gasteiger partial charge is 0.508 e. The third kappa shape index (κ3) is 4.09. The first kappa shape index (κ1) is 19.7. The van der Waals surface area contributed by atoms with Gasteiger partial charge < -0.3 is 15.7 Å². The number of amidine groups is 1. The van der Waals surface area contributed by atoms with Crippen LogP contribution in [0.5, 0.6) is 5.75 Å². The highest BCUT2D eigenvalue weighted by molar-refractivity contribution is 6.46. The van der Waals surface area contributed by atoms with Gasteiger partial charge in [0.2, 0.25) is 5.91 Å². The van der Waals surface area contributed by atoms with Gasteiger partial charge in [-0.1, -0.05) is 29.3 Å². The molecule has 29 heavy (non-hydrogen) atoms. The predicted molar refractivity (Wildman–Crippen MR) is 113 cm³/mol. The predicted octanol–water partition coefficient (Wildman–Crippen LogP) is 3.64. The molecule has 0 saturated heterocycles. The molecule has 1 aliphatic carbocycles. The number of aromatic hydroxyl groups is 1. The Morgan fingerprint density at radius 3 is 2.48 bits per heavy atom. The Balaban J connectivity index is 1.57. The van der Waals surface area contributed by atoms with Crippen molar-refractivity contribution < 1.29 is 14.7 Å². The summed E-state index contributed by atoms with van der Waals surface area (Å²) in [5.41, 5.74) is 4.47. The third-order valence-electron chi connectivity index (χ3n) is 5.23. The number of hydrogen-bond acceptors (Lipinski definition) is 4. The number of halogens is 2. The van der Waals surface area contributed by atoms with Crippen LogP contribution in [0.15, 0.2) is 29.3 Å². The van der Waals surface area contributed by atoms with Crippen molar-refractivity contribution in [1.29, 1.82) is 0 Å². The van der Waals surface area contributed by atoms with Crippen molar-refractivity contribution in [1.82, 2.24) is 5.32 Å². The Labute approximate surface area is 177 Å². The van der Waals surface area contributed by atoms with Gasteiger partial charge in [-0.25, -0.2) is 0 Å². The maximum absolute atomic E-state index is 12.2. The summed E-state index contributed by atoms with van der Waals surface area (Å²) in [7, 11) is 0. The molecule has 2 aliphatic rings. The SMILES string of the molecule is O=C1CN=C(C(=O)Nc2cc(Cl)c(Cc3ccc(O)c4c3CCCC4)c(Cl)c2)N1. The lowest BCUT2D eigenvalue weighted by Gasteiger charge is -2.21. The van der Waals surface area contributed by atoms with Gasteiger partial charge in [0, 0.05) is 22.2 Å². The molecule has 150 valence electrons. The van der Waals surface area contributed by atoms with Gasteiger partial charge in [-0.15, -0.1) is 0 Å². The van der Waals surface area contributed by atoms with Crippen molar-refractivity contribution in [2.24, 2.45) is 4.99 Å². The number of benzene rings is 2. The van der Waals surface area contributed by atoms with Gasteiger partial charge in [0.25, 0.3) is 5.91 Å². The molecule has 0 atom stereocenters. The van der Waals surface area contributed by atoms with E-state index >= 15 is 0 Å². The second-order valence-electron chi connectivity index (χ2n) is 7.17. The topological polar surface area (TPSA) is 90.8 Å². The van der Waals surface area contributed by atoms with Crippen LogP contribution in [0.25, 0.3) is 0 Å². The van der Waals surface area contributed by atoms with Crippen LogP contribution in [0.2, 0.25) is 10.0 Å². The van der Waals surface area contributed by atoms with Gasteiger partial charge >= 0.3 is 0 Å². The first-order valence-electron chi connectivity index (χ1n) is 9.38. The van der Waals surface area contributed by atoms with E-state index in [0.717, 1.165) is 42.4 Å². The molecular formula is C21H19Cl2N3O3. The Morgan fingerprint density at radius 1 is 1.14 bits per heavy atom. The molecular weight excluding hydrogens is 413 g/mol. The van der Waals surface area contributed by atoms with Crippen LogP contribution in [0.3, 0.4) is 0 Å². The number of nitrogens with one attached hydrogen (secondary N) is 2. The van der Waals surface area contributed by atoms with E-state index in [1.807, 2.05) is 6.07 Å². The van der Waals surface area contributed by atoms with Crippen LogP contribution in [-0.4, -0.2) is 29.3 Å². The number of carbonyl (C=O) groups is 2. The summed E-state index contributed by atoms with van der Waals surface area (Å²) in [6, 6.07) is 6.91. The first-order valence-corrected chi connectivity index (χ1v) is 10.1. The van der Waals surface area contributed by atoms with Crippen LogP contribution < -0.4 is 10.6 Å². The lowest BCUT2D eigenvalue weighted by Crippen LogP contribution is -2.34. The average molecular weight is 432 g/mol. The number of anilines is 1. The molecule has 0 aromatic heterocycles. The molecule has 6 nitrogen and oxygen atoms in total. The maximum atomic E-state index is 12.2. The van der Waals surface area contributed by atoms with E-state index in [1.54, 1.807) is 18.2 Å². The highest BCUT2D eigenvalue weighted by atomic mass is 35.5. The number of carbonyl (C=O) groups excluding carboxylic acids is 2. The van der Waals surface area contributed by atoms with Crippen LogP contribution >= 0.6 is 23.2 Å². The van der Waals surface area contributed by atoms with E-state index < -0.39 is 5.91 Å². The fourth-order valence-electron chi connectivity index (χ4n) is 3.80. The summed E-state index contributed by atoms with van der Waals surface area (Å²) in [6.45, 7) is -0.0554. The van der Waals surface area contributed by atoms with Gasteiger partial charge in [-0.05, 0) is 66.1 Å². The van der Waals surface area contributed by atoms with Crippen molar-refractivity contribution in [3.05, 3.63) is 56.6 Å². The third-order valence-corrected chi connectivity index (χ3v) is 5.90. The Kier molecular flexibility index (Phi) is 5.48. The van der Waals surface area contributed by atoms with Crippen LogP contribution in [0.4, 0.5) is 5.69 Å². The number of aliphatic imine (C=N–C) groups is 1. The number of amides is 2. The number of rotatable bonds is 4. The Bertz CT molecular complexity index is 1030. The molecule has 1 aliphatic heterocycles. The number of phenolic OH excluding ortho intramolecular Hbond substituents is 1. The van der Waals surface area contributed by atoms with Gasteiger partial charge in [0.15, 0.2) is 5.84 Å². The van der Waals surface area contributed by atoms with Crippen molar-refractivity contribution in [2.45, 2.75) is 32.1 Å². The molecule has 1 heterocycles. The second-order valence-corrected chi connectivity index (χ2v) is 7.98. The molecule has 0 bridgehead atoms. The molecule has 3 N–H and O–H groups in total. The lowest BCUT2D eigenvalue weighted by molar-refractivity contribution is -0.118. The number of fused-ring (bicyclic) bond motifs is 1. The van der Waals surface area contributed by atoms with E-state index in [-0.39, 0.29) is 18.3 Å². The van der Waals surface area contributed by atoms with Crippen molar-refractivity contribution in [2.75, 3.05) is 11.9 Å². The summed E-state index contributed by atoms with van der Waals surface area (Å²) >= 11 is 13.0. The highest BCUT2D eigenvalue weighted by Gasteiger charge is 2.22. The summed E-state index contributed by atoms with van der Waals surface area (Å²) < 4.78 is 0. The number of nitrogens with zero attached hydrogens (tertiary/aromatic N) is 1. The molecule has 0 fully saturated rings. The Hall–Kier alpha value is -2.57. The van der Waals surface area contributed by atoms with E-state index in [1.165, 1.54) is 5.56 Å². The molecule has 2 aromatic carbocycles. The van der Waals surface area contributed by atoms with Gasteiger partial charge in [0.05, 0.1) is 0 Å². The van der Waals surface area contributed by atoms with Crippen molar-refractivity contribution in [3.8, 4) is 5.75 Å². The fraction of sp³-hybridized carbons (Fsp3) is 0.286. The molecule has 2 amide bonds. The van der Waals surface area contributed by atoms with E-state index in [9.17, 15) is 14.7 Å². The smallest absolute Gasteiger partial charge is 0.291 e. The zero-order valence-electron chi connectivity index (χ0n) is 15.5. The number of phenols is 1. The molecule has 0 saturated carbocycles. The zero-order chi connectivity index (χ0) is 20.5.